The Bertz CT molecular complexity index is 937. The number of unbranched alkanes of at least 4 members (excludes halogenated alkanes) is 2. The number of hydroxylamine groups is 1. The van der Waals surface area contributed by atoms with Crippen LogP contribution in [0.5, 0.6) is 0 Å². The van der Waals surface area contributed by atoms with Gasteiger partial charge >= 0.3 is 0 Å². The van der Waals surface area contributed by atoms with Gasteiger partial charge in [-0.3, -0.25) is 14.8 Å². The summed E-state index contributed by atoms with van der Waals surface area (Å²) in [4.78, 5) is 23.6. The Labute approximate surface area is 174 Å². The summed E-state index contributed by atoms with van der Waals surface area (Å²) in [6, 6.07) is 11.8. The Balaban J connectivity index is 2.06. The van der Waals surface area contributed by atoms with E-state index in [1.54, 1.807) is 35.8 Å². The van der Waals surface area contributed by atoms with Gasteiger partial charge in [0, 0.05) is 12.1 Å². The lowest BCUT2D eigenvalue weighted by molar-refractivity contribution is -0.129. The van der Waals surface area contributed by atoms with Crippen molar-refractivity contribution in [1.82, 2.24) is 10.2 Å². The van der Waals surface area contributed by atoms with Gasteiger partial charge in [0.05, 0.1) is 4.90 Å². The minimum atomic E-state index is -4.05. The molecule has 0 aliphatic heterocycles. The van der Waals surface area contributed by atoms with Gasteiger partial charge < -0.3 is 5.32 Å². The highest BCUT2D eigenvalue weighted by atomic mass is 32.2. The molecule has 0 saturated carbocycles. The van der Waals surface area contributed by atoms with Gasteiger partial charge in [0.2, 0.25) is 21.8 Å². The Kier molecular flexibility index (Phi) is 8.90. The van der Waals surface area contributed by atoms with Crippen LogP contribution in [0.4, 0.5) is 10.1 Å². The molecule has 1 atom stereocenters. The van der Waals surface area contributed by atoms with Gasteiger partial charge in [-0.2, -0.15) is 4.72 Å². The molecule has 0 unspecified atom stereocenters. The first-order valence-electron chi connectivity index (χ1n) is 9.38. The molecule has 2 aromatic rings. The highest BCUT2D eigenvalue weighted by Crippen LogP contribution is 2.15. The molecule has 0 spiro atoms. The van der Waals surface area contributed by atoms with E-state index in [1.807, 2.05) is 0 Å². The van der Waals surface area contributed by atoms with Crippen molar-refractivity contribution < 1.29 is 27.6 Å². The summed E-state index contributed by atoms with van der Waals surface area (Å²) in [5, 5.41) is 11.2. The summed E-state index contributed by atoms with van der Waals surface area (Å²) in [5.41, 5.74) is 2.06. The van der Waals surface area contributed by atoms with Crippen LogP contribution in [0.2, 0.25) is 0 Å². The van der Waals surface area contributed by atoms with Crippen LogP contribution in [0.3, 0.4) is 0 Å². The normalized spacial score (nSPS) is 12.2. The minimum absolute atomic E-state index is 0.124. The van der Waals surface area contributed by atoms with Gasteiger partial charge in [-0.15, -0.1) is 0 Å². The topological polar surface area (TPSA) is 125 Å². The van der Waals surface area contributed by atoms with E-state index in [2.05, 4.69) is 10.0 Å². The molecule has 2 aromatic carbocycles. The molecular weight excluding hydrogens is 413 g/mol. The molecule has 0 aliphatic rings. The van der Waals surface area contributed by atoms with E-state index in [0.29, 0.717) is 24.9 Å². The van der Waals surface area contributed by atoms with Crippen LogP contribution >= 0.6 is 0 Å². The minimum Gasteiger partial charge on any atom is -0.325 e. The molecule has 0 fully saturated rings. The second-order valence-corrected chi connectivity index (χ2v) is 8.33. The van der Waals surface area contributed by atoms with Gasteiger partial charge in [-0.1, -0.05) is 31.0 Å². The molecule has 4 N–H and O–H groups in total. The average molecular weight is 437 g/mol. The number of carbonyl (C=O) groups is 2. The van der Waals surface area contributed by atoms with Gasteiger partial charge in [0.1, 0.15) is 11.9 Å². The van der Waals surface area contributed by atoms with Crippen LogP contribution in [0.25, 0.3) is 0 Å². The molecule has 0 aromatic heterocycles. The average Bonchev–Trinajstić information content (AvgIpc) is 2.73. The zero-order valence-electron chi connectivity index (χ0n) is 16.2. The van der Waals surface area contributed by atoms with Gasteiger partial charge in [-0.05, 0) is 49.2 Å². The molecule has 30 heavy (non-hydrogen) atoms. The molecule has 8 nitrogen and oxygen atoms in total. The standard InChI is InChI=1S/C20H24FN3O5S/c21-15-11-13-17(14-12-15)30(28,29)24-18(9-5-2-6-10-19(25)23-27)20(26)22-16-7-3-1-4-8-16/h1,3-4,7-8,11-14,18,24,27H,2,5-6,9-10H2,(H,22,26)(H,23,25)/t18-/m0/s1. The van der Waals surface area contributed by atoms with E-state index in [1.165, 1.54) is 0 Å². The number of para-hydroxylation sites is 1. The van der Waals surface area contributed by atoms with E-state index in [9.17, 15) is 22.4 Å². The molecule has 2 amide bonds. The van der Waals surface area contributed by atoms with Crippen molar-refractivity contribution in [2.24, 2.45) is 0 Å². The first-order chi connectivity index (χ1) is 14.3. The van der Waals surface area contributed by atoms with Crippen LogP contribution in [0.15, 0.2) is 59.5 Å². The van der Waals surface area contributed by atoms with Crippen LogP contribution in [-0.4, -0.2) is 31.5 Å². The number of amides is 2. The summed E-state index contributed by atoms with van der Waals surface area (Å²) >= 11 is 0. The molecule has 2 rings (SSSR count). The van der Waals surface area contributed by atoms with Crippen LogP contribution in [0, 0.1) is 5.82 Å². The summed E-state index contributed by atoms with van der Waals surface area (Å²) in [5.74, 6) is -1.61. The van der Waals surface area contributed by atoms with Gasteiger partial charge in [0.15, 0.2) is 0 Å². The Morgan fingerprint density at radius 2 is 1.63 bits per heavy atom. The lowest BCUT2D eigenvalue weighted by Crippen LogP contribution is -2.43. The van der Waals surface area contributed by atoms with E-state index in [0.717, 1.165) is 24.3 Å². The predicted molar refractivity (Wildman–Crippen MR) is 109 cm³/mol. The monoisotopic (exact) mass is 437 g/mol. The number of nitrogens with one attached hydrogen (secondary N) is 3. The number of sulfonamides is 1. The maximum Gasteiger partial charge on any atom is 0.243 e. The number of rotatable bonds is 11. The van der Waals surface area contributed by atoms with E-state index in [4.69, 9.17) is 5.21 Å². The fourth-order valence-corrected chi connectivity index (χ4v) is 3.96. The van der Waals surface area contributed by atoms with Crippen molar-refractivity contribution in [2.45, 2.75) is 43.0 Å². The third-order valence-corrected chi connectivity index (χ3v) is 5.79. The Hall–Kier alpha value is -2.82. The first-order valence-corrected chi connectivity index (χ1v) is 10.9. The molecule has 162 valence electrons. The second-order valence-electron chi connectivity index (χ2n) is 6.62. The molecular formula is C20H24FN3O5S. The molecule has 0 saturated heterocycles. The zero-order chi connectivity index (χ0) is 22.0. The quantitative estimate of drug-likeness (QED) is 0.244. The van der Waals surface area contributed by atoms with Crippen molar-refractivity contribution in [2.75, 3.05) is 5.32 Å². The third kappa shape index (κ3) is 7.54. The van der Waals surface area contributed by atoms with Crippen molar-refractivity contribution in [3.63, 3.8) is 0 Å². The smallest absolute Gasteiger partial charge is 0.243 e. The van der Waals surface area contributed by atoms with Crippen molar-refractivity contribution in [3.05, 3.63) is 60.4 Å². The number of carbonyl (C=O) groups excluding carboxylic acids is 2. The highest BCUT2D eigenvalue weighted by Gasteiger charge is 2.25. The molecule has 0 radical (unpaired) electrons. The van der Waals surface area contributed by atoms with E-state index in [-0.39, 0.29) is 17.7 Å². The maximum atomic E-state index is 13.1. The maximum absolute atomic E-state index is 13.1. The van der Waals surface area contributed by atoms with Gasteiger partial charge in [0.25, 0.3) is 0 Å². The largest absolute Gasteiger partial charge is 0.325 e. The number of benzene rings is 2. The van der Waals surface area contributed by atoms with Crippen LogP contribution in [0.1, 0.15) is 32.1 Å². The number of halogens is 1. The number of hydrogen-bond acceptors (Lipinski definition) is 5. The van der Waals surface area contributed by atoms with Crippen LogP contribution in [-0.2, 0) is 19.6 Å². The highest BCUT2D eigenvalue weighted by molar-refractivity contribution is 7.89. The summed E-state index contributed by atoms with van der Waals surface area (Å²) in [6.07, 6.45) is 1.82. The zero-order valence-corrected chi connectivity index (χ0v) is 17.0. The fourth-order valence-electron chi connectivity index (χ4n) is 2.73. The van der Waals surface area contributed by atoms with E-state index < -0.39 is 33.7 Å². The van der Waals surface area contributed by atoms with E-state index >= 15 is 0 Å². The molecule has 0 heterocycles. The lowest BCUT2D eigenvalue weighted by Gasteiger charge is -2.19. The fraction of sp³-hybridized carbons (Fsp3) is 0.300. The lowest BCUT2D eigenvalue weighted by atomic mass is 10.1. The van der Waals surface area contributed by atoms with Crippen molar-refractivity contribution in [3.8, 4) is 0 Å². The summed E-state index contributed by atoms with van der Waals surface area (Å²) < 4.78 is 40.8. The SMILES string of the molecule is O=C(CCCCC[C@H](NS(=O)(=O)c1ccc(F)cc1)C(=O)Nc1ccccc1)NO. The molecule has 0 bridgehead atoms. The van der Waals surface area contributed by atoms with Gasteiger partial charge in [-0.25, -0.2) is 18.3 Å². The number of anilines is 1. The third-order valence-electron chi connectivity index (χ3n) is 4.30. The number of hydrogen-bond donors (Lipinski definition) is 4. The Morgan fingerprint density at radius 1 is 0.967 bits per heavy atom. The van der Waals surface area contributed by atoms with Crippen molar-refractivity contribution >= 4 is 27.5 Å². The predicted octanol–water partition coefficient (Wildman–Crippen LogP) is 2.57. The van der Waals surface area contributed by atoms with Crippen LogP contribution < -0.4 is 15.5 Å². The molecule has 0 aliphatic carbocycles. The molecule has 10 heteroatoms. The summed E-state index contributed by atoms with van der Waals surface area (Å²) in [7, 11) is -4.05. The Morgan fingerprint density at radius 3 is 2.27 bits per heavy atom. The first kappa shape index (κ1) is 23.5. The second kappa shape index (κ2) is 11.4. The van der Waals surface area contributed by atoms with Crippen molar-refractivity contribution in [1.29, 1.82) is 0 Å². The summed E-state index contributed by atoms with van der Waals surface area (Å²) in [6.45, 7) is 0.